The molecule has 0 fully saturated rings. The highest BCUT2D eigenvalue weighted by atomic mass is 35.5. The molecule has 0 amide bonds. The van der Waals surface area contributed by atoms with E-state index < -0.39 is 0 Å². The average molecular weight is 311 g/mol. The Hall–Kier alpha value is -2.39. The molecule has 1 heterocycles. The molecule has 0 radical (unpaired) electrons. The molecule has 0 atom stereocenters. The number of aromatic nitrogens is 2. The molecule has 0 aliphatic rings. The highest BCUT2D eigenvalue weighted by Gasteiger charge is 2.14. The molecule has 2 aromatic carbocycles. The maximum Gasteiger partial charge on any atom is 0.220 e. The van der Waals surface area contributed by atoms with E-state index in [-0.39, 0.29) is 0 Å². The Morgan fingerprint density at radius 1 is 0.909 bits per heavy atom. The molecule has 0 spiro atoms. The third kappa shape index (κ3) is 2.81. The molecule has 0 aliphatic heterocycles. The van der Waals surface area contributed by atoms with E-state index in [4.69, 9.17) is 21.3 Å². The number of ether oxygens (including phenoxy) is 1. The molecule has 0 bridgehead atoms. The van der Waals surface area contributed by atoms with Gasteiger partial charge in [0.2, 0.25) is 5.88 Å². The summed E-state index contributed by atoms with van der Waals surface area (Å²) in [6.07, 6.45) is 0. The van der Waals surface area contributed by atoms with Crippen LogP contribution in [0.4, 0.5) is 0 Å². The van der Waals surface area contributed by atoms with Gasteiger partial charge in [0.15, 0.2) is 5.82 Å². The Balaban J connectivity index is 2.21. The molecule has 0 aliphatic carbocycles. The number of benzene rings is 2. The Labute approximate surface area is 134 Å². The summed E-state index contributed by atoms with van der Waals surface area (Å²) in [5.41, 5.74) is 3.62. The van der Waals surface area contributed by atoms with Crippen LogP contribution in [-0.4, -0.2) is 17.1 Å². The number of hydrogen-bond donors (Lipinski definition) is 0. The van der Waals surface area contributed by atoms with Gasteiger partial charge >= 0.3 is 0 Å². The van der Waals surface area contributed by atoms with Crippen LogP contribution < -0.4 is 4.74 Å². The molecular weight excluding hydrogens is 296 g/mol. The molecular formula is C18H15ClN2O. The van der Waals surface area contributed by atoms with Crippen LogP contribution in [0.1, 0.15) is 5.56 Å². The van der Waals surface area contributed by atoms with E-state index in [1.165, 1.54) is 0 Å². The van der Waals surface area contributed by atoms with Crippen molar-refractivity contribution in [3.05, 3.63) is 65.2 Å². The van der Waals surface area contributed by atoms with E-state index in [0.717, 1.165) is 22.4 Å². The van der Waals surface area contributed by atoms with Gasteiger partial charge in [0.25, 0.3) is 0 Å². The van der Waals surface area contributed by atoms with E-state index in [0.29, 0.717) is 16.7 Å². The molecule has 1 aromatic heterocycles. The largest absolute Gasteiger partial charge is 0.481 e. The second kappa shape index (κ2) is 6.16. The van der Waals surface area contributed by atoms with Crippen molar-refractivity contribution in [1.82, 2.24) is 9.97 Å². The molecule has 4 heteroatoms. The van der Waals surface area contributed by atoms with E-state index in [2.05, 4.69) is 4.98 Å². The van der Waals surface area contributed by atoms with Crippen LogP contribution in [0.5, 0.6) is 5.88 Å². The lowest BCUT2D eigenvalue weighted by atomic mass is 10.1. The van der Waals surface area contributed by atoms with Crippen molar-refractivity contribution in [1.29, 1.82) is 0 Å². The van der Waals surface area contributed by atoms with Gasteiger partial charge in [-0.15, -0.1) is 0 Å². The first-order chi connectivity index (χ1) is 10.7. The fourth-order valence-corrected chi connectivity index (χ4v) is 2.52. The molecule has 3 aromatic rings. The van der Waals surface area contributed by atoms with Crippen molar-refractivity contribution in [3.63, 3.8) is 0 Å². The van der Waals surface area contributed by atoms with Crippen molar-refractivity contribution in [3.8, 4) is 28.5 Å². The van der Waals surface area contributed by atoms with Crippen LogP contribution in [-0.2, 0) is 0 Å². The van der Waals surface area contributed by atoms with Gasteiger partial charge in [0.1, 0.15) is 0 Å². The molecule has 0 saturated heterocycles. The van der Waals surface area contributed by atoms with E-state index >= 15 is 0 Å². The van der Waals surface area contributed by atoms with Crippen molar-refractivity contribution in [2.45, 2.75) is 6.92 Å². The topological polar surface area (TPSA) is 35.0 Å². The molecule has 0 unspecified atom stereocenters. The minimum absolute atomic E-state index is 0.573. The van der Waals surface area contributed by atoms with Crippen LogP contribution in [0.3, 0.4) is 0 Å². The van der Waals surface area contributed by atoms with Gasteiger partial charge in [0, 0.05) is 21.7 Å². The number of rotatable bonds is 3. The quantitative estimate of drug-likeness (QED) is 0.698. The third-order valence-electron chi connectivity index (χ3n) is 3.42. The zero-order chi connectivity index (χ0) is 15.5. The molecule has 3 rings (SSSR count). The smallest absolute Gasteiger partial charge is 0.220 e. The van der Waals surface area contributed by atoms with Crippen LogP contribution in [0, 0.1) is 6.92 Å². The first-order valence-electron chi connectivity index (χ1n) is 6.93. The Morgan fingerprint density at radius 3 is 2.32 bits per heavy atom. The van der Waals surface area contributed by atoms with E-state index in [9.17, 15) is 0 Å². The van der Waals surface area contributed by atoms with Crippen molar-refractivity contribution < 1.29 is 4.74 Å². The van der Waals surface area contributed by atoms with Gasteiger partial charge in [-0.1, -0.05) is 54.1 Å². The number of methoxy groups -OCH3 is 1. The maximum atomic E-state index is 6.10. The fourth-order valence-electron chi connectivity index (χ4n) is 2.33. The lowest BCUT2D eigenvalue weighted by Crippen LogP contribution is -2.00. The Bertz CT molecular complexity index is 803. The van der Waals surface area contributed by atoms with E-state index in [1.807, 2.05) is 61.5 Å². The summed E-state index contributed by atoms with van der Waals surface area (Å²) >= 11 is 6.10. The summed E-state index contributed by atoms with van der Waals surface area (Å²) in [4.78, 5) is 9.22. The van der Waals surface area contributed by atoms with Gasteiger partial charge in [0.05, 0.1) is 12.8 Å². The highest BCUT2D eigenvalue weighted by Crippen LogP contribution is 2.31. The predicted molar refractivity (Wildman–Crippen MR) is 89.2 cm³/mol. The Morgan fingerprint density at radius 2 is 1.64 bits per heavy atom. The summed E-state index contributed by atoms with van der Waals surface area (Å²) in [6.45, 7) is 1.95. The van der Waals surface area contributed by atoms with Crippen LogP contribution >= 0.6 is 11.6 Å². The molecule has 22 heavy (non-hydrogen) atoms. The van der Waals surface area contributed by atoms with Gasteiger partial charge in [-0.3, -0.25) is 0 Å². The van der Waals surface area contributed by atoms with Crippen molar-refractivity contribution in [2.24, 2.45) is 0 Å². The van der Waals surface area contributed by atoms with Crippen LogP contribution in [0.2, 0.25) is 5.02 Å². The summed E-state index contributed by atoms with van der Waals surface area (Å²) in [5.74, 6) is 1.21. The van der Waals surface area contributed by atoms with Gasteiger partial charge < -0.3 is 4.74 Å². The second-order valence-corrected chi connectivity index (χ2v) is 5.34. The van der Waals surface area contributed by atoms with E-state index in [1.54, 1.807) is 7.11 Å². The second-order valence-electron chi connectivity index (χ2n) is 4.91. The van der Waals surface area contributed by atoms with Crippen molar-refractivity contribution in [2.75, 3.05) is 7.11 Å². The van der Waals surface area contributed by atoms with Gasteiger partial charge in [-0.2, -0.15) is 4.98 Å². The fraction of sp³-hybridized carbons (Fsp3) is 0.111. The SMILES string of the molecule is COc1nc(-c2ccccc2)nc(-c2cccc(Cl)c2)c1C. The summed E-state index contributed by atoms with van der Waals surface area (Å²) in [5, 5.41) is 0.677. The molecule has 3 nitrogen and oxygen atoms in total. The molecule has 110 valence electrons. The standard InChI is InChI=1S/C18H15ClN2O/c1-12-16(14-9-6-10-15(19)11-14)20-17(21-18(12)22-2)13-7-4-3-5-8-13/h3-11H,1-2H3. The number of nitrogens with zero attached hydrogens (tertiary/aromatic N) is 2. The normalized spacial score (nSPS) is 10.5. The first kappa shape index (κ1) is 14.5. The maximum absolute atomic E-state index is 6.10. The average Bonchev–Trinajstić information content (AvgIpc) is 2.56. The minimum atomic E-state index is 0.573. The zero-order valence-electron chi connectivity index (χ0n) is 12.4. The van der Waals surface area contributed by atoms with Gasteiger partial charge in [-0.05, 0) is 19.1 Å². The lowest BCUT2D eigenvalue weighted by molar-refractivity contribution is 0.394. The van der Waals surface area contributed by atoms with Crippen LogP contribution in [0.25, 0.3) is 22.6 Å². The summed E-state index contributed by atoms with van der Waals surface area (Å²) in [7, 11) is 1.62. The minimum Gasteiger partial charge on any atom is -0.481 e. The first-order valence-corrected chi connectivity index (χ1v) is 7.31. The van der Waals surface area contributed by atoms with Gasteiger partial charge in [-0.25, -0.2) is 4.98 Å². The highest BCUT2D eigenvalue weighted by molar-refractivity contribution is 6.30. The van der Waals surface area contributed by atoms with Crippen molar-refractivity contribution >= 4 is 11.6 Å². The summed E-state index contributed by atoms with van der Waals surface area (Å²) < 4.78 is 5.42. The molecule has 0 saturated carbocycles. The third-order valence-corrected chi connectivity index (χ3v) is 3.66. The summed E-state index contributed by atoms with van der Waals surface area (Å²) in [6, 6.07) is 17.5. The predicted octanol–water partition coefficient (Wildman–Crippen LogP) is 4.78. The Kier molecular flexibility index (Phi) is 4.07. The molecule has 0 N–H and O–H groups in total. The zero-order valence-corrected chi connectivity index (χ0v) is 13.1. The number of hydrogen-bond acceptors (Lipinski definition) is 3. The van der Waals surface area contributed by atoms with Crippen LogP contribution in [0.15, 0.2) is 54.6 Å². The lowest BCUT2D eigenvalue weighted by Gasteiger charge is -2.12. The monoisotopic (exact) mass is 310 g/mol. The number of halogens is 1.